The molecule has 0 amide bonds. The van der Waals surface area contributed by atoms with Crippen molar-refractivity contribution in [3.8, 4) is 17.2 Å². The van der Waals surface area contributed by atoms with E-state index in [9.17, 15) is 16.8 Å². The van der Waals surface area contributed by atoms with Gasteiger partial charge < -0.3 is 15.3 Å². The normalized spacial score (nSPS) is 11.9. The molecule has 100 valence electrons. The zero-order valence-corrected chi connectivity index (χ0v) is 9.40. The summed E-state index contributed by atoms with van der Waals surface area (Å²) in [6.07, 6.45) is 0. The fourth-order valence-electron chi connectivity index (χ4n) is 0.995. The number of aromatic hydroxyl groups is 3. The van der Waals surface area contributed by atoms with Crippen molar-refractivity contribution in [1.29, 1.82) is 0 Å². The van der Waals surface area contributed by atoms with E-state index in [2.05, 4.69) is 0 Å². The molecule has 0 aliphatic heterocycles. The van der Waals surface area contributed by atoms with Gasteiger partial charge in [-0.05, 0) is 6.07 Å². The lowest BCUT2D eigenvalue weighted by Gasteiger charge is -2.08. The van der Waals surface area contributed by atoms with Crippen LogP contribution in [0.4, 0.5) is 0 Å². The van der Waals surface area contributed by atoms with Crippen LogP contribution in [0, 0.1) is 0 Å². The Morgan fingerprint density at radius 3 is 1.22 bits per heavy atom. The highest BCUT2D eigenvalue weighted by Crippen LogP contribution is 2.43. The van der Waals surface area contributed by atoms with E-state index in [1.807, 2.05) is 0 Å². The Bertz CT molecular complexity index is 619. The van der Waals surface area contributed by atoms with Gasteiger partial charge in [0.25, 0.3) is 20.2 Å². The summed E-state index contributed by atoms with van der Waals surface area (Å²) in [5.41, 5.74) is 0. The number of hydrogen-bond acceptors (Lipinski definition) is 7. The molecule has 0 radical (unpaired) electrons. The SMILES string of the molecule is O=S(=O)(O)c1cc(S(=O)(=O)O)c(O)c(O)c1O.[MgH2]. The van der Waals surface area contributed by atoms with Crippen LogP contribution >= 0.6 is 0 Å². The standard InChI is InChI=1S/C6H6O9S2.Mg.2H/c7-4-2(16(10,11)12)1-3(17(13,14)15)5(8)6(4)9;;;/h1,7-9H,(H,10,11,12)(H,13,14,15);;;. The van der Waals surface area contributed by atoms with Gasteiger partial charge in [-0.3, -0.25) is 9.11 Å². The molecule has 1 aromatic carbocycles. The van der Waals surface area contributed by atoms with Gasteiger partial charge in [0.2, 0.25) is 5.75 Å². The Morgan fingerprint density at radius 2 is 1.00 bits per heavy atom. The molecule has 18 heavy (non-hydrogen) atoms. The molecule has 0 fully saturated rings. The van der Waals surface area contributed by atoms with Crippen molar-refractivity contribution in [2.75, 3.05) is 0 Å². The van der Waals surface area contributed by atoms with E-state index >= 15 is 0 Å². The van der Waals surface area contributed by atoms with Gasteiger partial charge >= 0.3 is 23.1 Å². The van der Waals surface area contributed by atoms with Crippen LogP contribution < -0.4 is 0 Å². The Kier molecular flexibility index (Phi) is 4.84. The molecule has 0 aromatic heterocycles. The first kappa shape index (κ1) is 17.2. The van der Waals surface area contributed by atoms with Gasteiger partial charge in [0.15, 0.2) is 11.5 Å². The van der Waals surface area contributed by atoms with Gasteiger partial charge in [0.05, 0.1) is 0 Å². The topological polar surface area (TPSA) is 169 Å². The lowest BCUT2D eigenvalue weighted by Crippen LogP contribution is -2.04. The van der Waals surface area contributed by atoms with E-state index in [-0.39, 0.29) is 29.1 Å². The summed E-state index contributed by atoms with van der Waals surface area (Å²) >= 11 is 0. The summed E-state index contributed by atoms with van der Waals surface area (Å²) in [4.78, 5) is -2.75. The number of phenols is 3. The molecule has 0 saturated heterocycles. The maximum Gasteiger partial charge on any atom is 0.316 e. The lowest BCUT2D eigenvalue weighted by molar-refractivity contribution is 0.349. The zero-order chi connectivity index (χ0) is 13.6. The van der Waals surface area contributed by atoms with Gasteiger partial charge in [0.1, 0.15) is 9.79 Å². The van der Waals surface area contributed by atoms with Crippen LogP contribution in [0.3, 0.4) is 0 Å². The average Bonchev–Trinajstić information content (AvgIpc) is 2.10. The van der Waals surface area contributed by atoms with Crippen molar-refractivity contribution in [2.24, 2.45) is 0 Å². The third-order valence-corrected chi connectivity index (χ3v) is 3.47. The summed E-state index contributed by atoms with van der Waals surface area (Å²) in [7, 11) is -10.1. The maximum absolute atomic E-state index is 10.7. The van der Waals surface area contributed by atoms with Crippen LogP contribution in [0.5, 0.6) is 17.2 Å². The first-order valence-electron chi connectivity index (χ1n) is 3.69. The second-order valence-corrected chi connectivity index (χ2v) is 5.65. The van der Waals surface area contributed by atoms with Crippen molar-refractivity contribution in [1.82, 2.24) is 0 Å². The first-order chi connectivity index (χ1) is 7.46. The van der Waals surface area contributed by atoms with Crippen LogP contribution in [-0.2, 0) is 20.2 Å². The van der Waals surface area contributed by atoms with Crippen LogP contribution in [0.15, 0.2) is 15.9 Å². The summed E-state index contributed by atoms with van der Waals surface area (Å²) in [6, 6.07) is 0.0923. The molecule has 0 aliphatic carbocycles. The van der Waals surface area contributed by atoms with E-state index in [1.165, 1.54) is 0 Å². The molecule has 0 atom stereocenters. The molecule has 0 saturated carbocycles. The third kappa shape index (κ3) is 3.15. The molecule has 12 heteroatoms. The van der Waals surface area contributed by atoms with E-state index in [0.717, 1.165) is 0 Å². The van der Waals surface area contributed by atoms with E-state index in [0.29, 0.717) is 0 Å². The fraction of sp³-hybridized carbons (Fsp3) is 0. The fourth-order valence-corrected chi connectivity index (χ4v) is 2.28. The largest absolute Gasteiger partial charge is 0.503 e. The monoisotopic (exact) mass is 312 g/mol. The summed E-state index contributed by atoms with van der Waals surface area (Å²) in [5, 5.41) is 27.2. The second-order valence-electron chi connectivity index (χ2n) is 2.87. The van der Waals surface area contributed by atoms with Gasteiger partial charge in [-0.1, -0.05) is 0 Å². The highest BCUT2D eigenvalue weighted by molar-refractivity contribution is 7.86. The summed E-state index contributed by atoms with van der Waals surface area (Å²) < 4.78 is 60.1. The summed E-state index contributed by atoms with van der Waals surface area (Å²) in [6.45, 7) is 0. The quantitative estimate of drug-likeness (QED) is 0.244. The average molecular weight is 313 g/mol. The number of phenolic OH excluding ortho intramolecular Hbond substituents is 3. The third-order valence-electron chi connectivity index (χ3n) is 1.73. The Hall–Kier alpha value is -0.794. The van der Waals surface area contributed by atoms with E-state index < -0.39 is 47.3 Å². The highest BCUT2D eigenvalue weighted by atomic mass is 32.2. The smallest absolute Gasteiger partial charge is 0.316 e. The Morgan fingerprint density at radius 1 is 0.722 bits per heavy atom. The number of rotatable bonds is 2. The van der Waals surface area contributed by atoms with Gasteiger partial charge in [0, 0.05) is 0 Å². The molecule has 5 N–H and O–H groups in total. The zero-order valence-electron chi connectivity index (χ0n) is 7.76. The molecule has 0 heterocycles. The molecule has 0 spiro atoms. The molecule has 1 aromatic rings. The highest BCUT2D eigenvalue weighted by Gasteiger charge is 2.28. The van der Waals surface area contributed by atoms with Crippen LogP contribution in [0.25, 0.3) is 0 Å². The number of benzene rings is 1. The van der Waals surface area contributed by atoms with Crippen molar-refractivity contribution < 1.29 is 41.3 Å². The molecule has 9 nitrogen and oxygen atoms in total. The summed E-state index contributed by atoms with van der Waals surface area (Å²) in [5.74, 6) is -4.40. The second kappa shape index (κ2) is 5.06. The lowest BCUT2D eigenvalue weighted by atomic mass is 10.3. The molecular formula is C6H8MgO9S2. The first-order valence-corrected chi connectivity index (χ1v) is 6.57. The van der Waals surface area contributed by atoms with Crippen molar-refractivity contribution in [3.05, 3.63) is 6.07 Å². The predicted octanol–water partition coefficient (Wildman–Crippen LogP) is -1.62. The van der Waals surface area contributed by atoms with Gasteiger partial charge in [-0.25, -0.2) is 0 Å². The van der Waals surface area contributed by atoms with Crippen LogP contribution in [0.2, 0.25) is 0 Å². The minimum atomic E-state index is -5.05. The minimum Gasteiger partial charge on any atom is -0.503 e. The molecular weight excluding hydrogens is 304 g/mol. The van der Waals surface area contributed by atoms with Crippen molar-refractivity contribution in [3.63, 3.8) is 0 Å². The van der Waals surface area contributed by atoms with Crippen molar-refractivity contribution >= 4 is 43.3 Å². The molecule has 0 aliphatic rings. The van der Waals surface area contributed by atoms with Crippen molar-refractivity contribution in [2.45, 2.75) is 9.79 Å². The van der Waals surface area contributed by atoms with Crippen LogP contribution in [-0.4, -0.2) is 64.3 Å². The molecule has 0 bridgehead atoms. The maximum atomic E-state index is 10.7. The van der Waals surface area contributed by atoms with Gasteiger partial charge in [-0.15, -0.1) is 0 Å². The van der Waals surface area contributed by atoms with Crippen LogP contribution in [0.1, 0.15) is 0 Å². The minimum absolute atomic E-state index is 0. The molecule has 0 unspecified atom stereocenters. The van der Waals surface area contributed by atoms with E-state index in [1.54, 1.807) is 0 Å². The predicted molar refractivity (Wildman–Crippen MR) is 59.6 cm³/mol. The number of hydrogen-bond donors (Lipinski definition) is 5. The Labute approximate surface area is 117 Å². The molecule has 1 rings (SSSR count). The van der Waals surface area contributed by atoms with E-state index in [4.69, 9.17) is 24.4 Å². The Balaban J connectivity index is 0.00000289. The van der Waals surface area contributed by atoms with Gasteiger partial charge in [-0.2, -0.15) is 16.8 Å².